The van der Waals surface area contributed by atoms with Crippen molar-refractivity contribution in [1.82, 2.24) is 4.98 Å². The normalized spacial score (nSPS) is 9.89. The SMILES string of the molecule is Cc1ccc(Nc2nccc(C#N)c2Cl)c(Cl)c1. The zero-order valence-corrected chi connectivity index (χ0v) is 11.0. The van der Waals surface area contributed by atoms with Crippen molar-refractivity contribution in [1.29, 1.82) is 5.26 Å². The summed E-state index contributed by atoms with van der Waals surface area (Å²) in [5.74, 6) is 0.418. The van der Waals surface area contributed by atoms with Gasteiger partial charge in [0, 0.05) is 6.20 Å². The molecule has 0 aliphatic carbocycles. The Hall–Kier alpha value is -1.76. The van der Waals surface area contributed by atoms with E-state index < -0.39 is 0 Å². The summed E-state index contributed by atoms with van der Waals surface area (Å²) in [6, 6.07) is 9.17. The minimum atomic E-state index is 0.289. The summed E-state index contributed by atoms with van der Waals surface area (Å²) in [7, 11) is 0. The molecule has 0 unspecified atom stereocenters. The van der Waals surface area contributed by atoms with Crippen LogP contribution < -0.4 is 5.32 Å². The Labute approximate surface area is 115 Å². The van der Waals surface area contributed by atoms with E-state index in [-0.39, 0.29) is 5.02 Å². The second-order valence-corrected chi connectivity index (χ2v) is 4.53. The van der Waals surface area contributed by atoms with Crippen LogP contribution in [0.5, 0.6) is 0 Å². The van der Waals surface area contributed by atoms with Crippen molar-refractivity contribution in [2.75, 3.05) is 5.32 Å². The van der Waals surface area contributed by atoms with Crippen LogP contribution in [0.1, 0.15) is 11.1 Å². The van der Waals surface area contributed by atoms with Crippen LogP contribution in [0, 0.1) is 18.3 Å². The van der Waals surface area contributed by atoms with Crippen molar-refractivity contribution in [2.45, 2.75) is 6.92 Å². The number of benzene rings is 1. The van der Waals surface area contributed by atoms with E-state index in [1.165, 1.54) is 6.20 Å². The predicted molar refractivity (Wildman–Crippen MR) is 73.4 cm³/mol. The first-order chi connectivity index (χ1) is 8.61. The van der Waals surface area contributed by atoms with Gasteiger partial charge in [0.05, 0.1) is 16.3 Å². The Morgan fingerprint density at radius 2 is 2.06 bits per heavy atom. The number of nitrogens with one attached hydrogen (secondary N) is 1. The number of aryl methyl sites for hydroxylation is 1. The largest absolute Gasteiger partial charge is 0.338 e. The fourth-order valence-corrected chi connectivity index (χ4v) is 1.95. The first-order valence-electron chi connectivity index (χ1n) is 5.19. The van der Waals surface area contributed by atoms with E-state index in [1.54, 1.807) is 6.07 Å². The van der Waals surface area contributed by atoms with Gasteiger partial charge >= 0.3 is 0 Å². The highest BCUT2D eigenvalue weighted by Gasteiger charge is 2.09. The van der Waals surface area contributed by atoms with E-state index in [0.717, 1.165) is 5.56 Å². The van der Waals surface area contributed by atoms with Gasteiger partial charge < -0.3 is 5.32 Å². The minimum absolute atomic E-state index is 0.289. The Kier molecular flexibility index (Phi) is 3.71. The molecule has 1 heterocycles. The number of pyridine rings is 1. The van der Waals surface area contributed by atoms with Crippen LogP contribution >= 0.6 is 23.2 Å². The van der Waals surface area contributed by atoms with Crippen molar-refractivity contribution in [3.63, 3.8) is 0 Å². The highest BCUT2D eigenvalue weighted by molar-refractivity contribution is 6.35. The third kappa shape index (κ3) is 2.56. The third-order valence-electron chi connectivity index (χ3n) is 2.39. The summed E-state index contributed by atoms with van der Waals surface area (Å²) in [5, 5.41) is 12.8. The number of nitrogens with zero attached hydrogens (tertiary/aromatic N) is 2. The zero-order chi connectivity index (χ0) is 13.1. The van der Waals surface area contributed by atoms with E-state index in [2.05, 4.69) is 10.3 Å². The molecule has 0 fully saturated rings. The van der Waals surface area contributed by atoms with Crippen LogP contribution in [0.2, 0.25) is 10.0 Å². The Bertz CT molecular complexity index is 633. The van der Waals surface area contributed by atoms with Gasteiger partial charge in [-0.05, 0) is 30.7 Å². The van der Waals surface area contributed by atoms with E-state index in [4.69, 9.17) is 28.5 Å². The fraction of sp³-hybridized carbons (Fsp3) is 0.0769. The maximum absolute atomic E-state index is 8.88. The number of aromatic nitrogens is 1. The molecule has 0 atom stereocenters. The maximum Gasteiger partial charge on any atom is 0.150 e. The molecule has 1 aromatic heterocycles. The summed E-state index contributed by atoms with van der Waals surface area (Å²) in [6.45, 7) is 1.96. The summed E-state index contributed by atoms with van der Waals surface area (Å²) in [4.78, 5) is 4.09. The topological polar surface area (TPSA) is 48.7 Å². The number of hydrogen-bond acceptors (Lipinski definition) is 3. The second kappa shape index (κ2) is 5.26. The van der Waals surface area contributed by atoms with E-state index >= 15 is 0 Å². The lowest BCUT2D eigenvalue weighted by molar-refractivity contribution is 1.29. The van der Waals surface area contributed by atoms with Crippen LogP contribution in [0.3, 0.4) is 0 Å². The Morgan fingerprint density at radius 1 is 1.28 bits per heavy atom. The van der Waals surface area contributed by atoms with Gasteiger partial charge in [0.1, 0.15) is 11.1 Å². The highest BCUT2D eigenvalue weighted by atomic mass is 35.5. The quantitative estimate of drug-likeness (QED) is 0.890. The summed E-state index contributed by atoms with van der Waals surface area (Å²) in [5.41, 5.74) is 2.14. The molecule has 2 rings (SSSR count). The lowest BCUT2D eigenvalue weighted by Crippen LogP contribution is -1.96. The molecule has 3 nitrogen and oxygen atoms in total. The van der Waals surface area contributed by atoms with Crippen LogP contribution in [-0.2, 0) is 0 Å². The van der Waals surface area contributed by atoms with Gasteiger partial charge in [-0.1, -0.05) is 29.3 Å². The zero-order valence-electron chi connectivity index (χ0n) is 9.54. The van der Waals surface area contributed by atoms with Gasteiger partial charge in [-0.2, -0.15) is 5.26 Å². The van der Waals surface area contributed by atoms with Crippen LogP contribution in [0.4, 0.5) is 11.5 Å². The Balaban J connectivity index is 2.38. The average Bonchev–Trinajstić information content (AvgIpc) is 2.35. The first-order valence-corrected chi connectivity index (χ1v) is 5.95. The second-order valence-electron chi connectivity index (χ2n) is 3.74. The molecular weight excluding hydrogens is 269 g/mol. The number of anilines is 2. The molecule has 1 N–H and O–H groups in total. The van der Waals surface area contributed by atoms with E-state index in [0.29, 0.717) is 22.1 Å². The van der Waals surface area contributed by atoms with Crippen LogP contribution in [-0.4, -0.2) is 4.98 Å². The van der Waals surface area contributed by atoms with Crippen molar-refractivity contribution < 1.29 is 0 Å². The van der Waals surface area contributed by atoms with Gasteiger partial charge in [0.25, 0.3) is 0 Å². The van der Waals surface area contributed by atoms with Gasteiger partial charge in [-0.15, -0.1) is 0 Å². The van der Waals surface area contributed by atoms with Crippen molar-refractivity contribution >= 4 is 34.7 Å². The Morgan fingerprint density at radius 3 is 2.72 bits per heavy atom. The standard InChI is InChI=1S/C13H9Cl2N3/c1-8-2-3-11(10(14)6-8)18-13-12(15)9(7-16)4-5-17-13/h2-6H,1H3,(H,17,18). The fourth-order valence-electron chi connectivity index (χ4n) is 1.47. The lowest BCUT2D eigenvalue weighted by atomic mass is 10.2. The number of hydrogen-bond donors (Lipinski definition) is 1. The summed E-state index contributed by atoms with van der Waals surface area (Å²) in [6.07, 6.45) is 1.52. The number of nitriles is 1. The predicted octanol–water partition coefficient (Wildman–Crippen LogP) is 4.31. The van der Waals surface area contributed by atoms with Gasteiger partial charge in [-0.25, -0.2) is 4.98 Å². The molecule has 5 heteroatoms. The molecule has 0 aliphatic heterocycles. The van der Waals surface area contributed by atoms with Crippen molar-refractivity contribution in [3.8, 4) is 6.07 Å². The molecule has 0 aliphatic rings. The molecule has 90 valence electrons. The highest BCUT2D eigenvalue weighted by Crippen LogP contribution is 2.30. The molecule has 18 heavy (non-hydrogen) atoms. The minimum Gasteiger partial charge on any atom is -0.338 e. The molecule has 0 bridgehead atoms. The summed E-state index contributed by atoms with van der Waals surface area (Å²) < 4.78 is 0. The van der Waals surface area contributed by atoms with Crippen molar-refractivity contribution in [2.24, 2.45) is 0 Å². The molecule has 2 aromatic rings. The van der Waals surface area contributed by atoms with Crippen LogP contribution in [0.15, 0.2) is 30.5 Å². The summed E-state index contributed by atoms with van der Waals surface area (Å²) >= 11 is 12.2. The average molecular weight is 278 g/mol. The number of rotatable bonds is 2. The number of halogens is 2. The van der Waals surface area contributed by atoms with Gasteiger partial charge in [0.15, 0.2) is 5.82 Å². The van der Waals surface area contributed by atoms with Crippen molar-refractivity contribution in [3.05, 3.63) is 51.6 Å². The van der Waals surface area contributed by atoms with Gasteiger partial charge in [-0.3, -0.25) is 0 Å². The van der Waals surface area contributed by atoms with E-state index in [1.807, 2.05) is 31.2 Å². The molecule has 0 amide bonds. The maximum atomic E-state index is 8.88. The first kappa shape index (κ1) is 12.7. The molecule has 0 spiro atoms. The lowest BCUT2D eigenvalue weighted by Gasteiger charge is -2.10. The molecule has 0 saturated carbocycles. The molecule has 0 radical (unpaired) electrons. The van der Waals surface area contributed by atoms with Crippen LogP contribution in [0.25, 0.3) is 0 Å². The smallest absolute Gasteiger partial charge is 0.150 e. The monoisotopic (exact) mass is 277 g/mol. The van der Waals surface area contributed by atoms with Gasteiger partial charge in [0.2, 0.25) is 0 Å². The molecule has 0 saturated heterocycles. The third-order valence-corrected chi connectivity index (χ3v) is 3.08. The van der Waals surface area contributed by atoms with E-state index in [9.17, 15) is 0 Å². The molecular formula is C13H9Cl2N3. The molecule has 1 aromatic carbocycles.